The summed E-state index contributed by atoms with van der Waals surface area (Å²) in [7, 11) is 0. The van der Waals surface area contributed by atoms with Gasteiger partial charge in [-0.3, -0.25) is 0 Å². The van der Waals surface area contributed by atoms with Crippen molar-refractivity contribution in [3.8, 4) is 16.9 Å². The van der Waals surface area contributed by atoms with Crippen molar-refractivity contribution >= 4 is 22.9 Å². The maximum Gasteiger partial charge on any atom is 0.150 e. The van der Waals surface area contributed by atoms with Crippen molar-refractivity contribution in [2.45, 2.75) is 32.4 Å². The van der Waals surface area contributed by atoms with Gasteiger partial charge in [-0.1, -0.05) is 48.0 Å². The lowest BCUT2D eigenvalue weighted by Crippen LogP contribution is -2.32. The highest BCUT2D eigenvalue weighted by molar-refractivity contribution is 6.30. The van der Waals surface area contributed by atoms with Crippen LogP contribution in [0.2, 0.25) is 5.02 Å². The highest BCUT2D eigenvalue weighted by Crippen LogP contribution is 2.50. The van der Waals surface area contributed by atoms with E-state index in [1.807, 2.05) is 24.3 Å². The molecular weight excluding hydrogens is 385 g/mol. The van der Waals surface area contributed by atoms with Crippen LogP contribution in [-0.2, 0) is 0 Å². The first-order valence-corrected chi connectivity index (χ1v) is 10.1. The molecule has 146 valence electrons. The van der Waals surface area contributed by atoms with Gasteiger partial charge >= 0.3 is 0 Å². The van der Waals surface area contributed by atoms with Gasteiger partial charge in [0.2, 0.25) is 0 Å². The molecule has 3 aromatic carbocycles. The average molecular weight is 406 g/mol. The van der Waals surface area contributed by atoms with E-state index < -0.39 is 11.9 Å². The van der Waals surface area contributed by atoms with Gasteiger partial charge in [0, 0.05) is 22.4 Å². The van der Waals surface area contributed by atoms with Crippen molar-refractivity contribution in [2.24, 2.45) is 0 Å². The zero-order valence-electron chi connectivity index (χ0n) is 16.5. The quantitative estimate of drug-likeness (QED) is 0.460. The Kier molecular flexibility index (Phi) is 4.01. The van der Waals surface area contributed by atoms with E-state index in [9.17, 15) is 4.39 Å². The fraction of sp³-hybridized carbons (Fsp3) is 0.200. The molecule has 1 atom stereocenters. The van der Waals surface area contributed by atoms with Crippen LogP contribution in [0.4, 0.5) is 10.1 Å². The number of anilines is 1. The predicted molar refractivity (Wildman–Crippen MR) is 117 cm³/mol. The van der Waals surface area contributed by atoms with Gasteiger partial charge in [-0.25, -0.2) is 4.39 Å². The molecule has 3 aromatic rings. The van der Waals surface area contributed by atoms with Gasteiger partial charge in [0.25, 0.3) is 0 Å². The highest BCUT2D eigenvalue weighted by Gasteiger charge is 2.34. The van der Waals surface area contributed by atoms with Crippen molar-refractivity contribution in [1.82, 2.24) is 0 Å². The van der Waals surface area contributed by atoms with Crippen molar-refractivity contribution in [2.75, 3.05) is 5.32 Å². The van der Waals surface area contributed by atoms with Gasteiger partial charge in [0.15, 0.2) is 6.10 Å². The third-order valence-corrected chi connectivity index (χ3v) is 5.91. The summed E-state index contributed by atoms with van der Waals surface area (Å²) in [6, 6.07) is 17.2. The molecule has 0 aromatic heterocycles. The lowest BCUT2D eigenvalue weighted by atomic mass is 9.80. The number of para-hydroxylation sites is 1. The summed E-state index contributed by atoms with van der Waals surface area (Å²) in [5.74, 6) is 0.357. The number of rotatable bonds is 1. The monoisotopic (exact) mass is 405 g/mol. The van der Waals surface area contributed by atoms with Crippen LogP contribution in [0.15, 0.2) is 60.7 Å². The van der Waals surface area contributed by atoms with Gasteiger partial charge in [-0.15, -0.1) is 0 Å². The van der Waals surface area contributed by atoms with E-state index in [-0.39, 0.29) is 10.6 Å². The molecule has 0 radical (unpaired) electrons. The van der Waals surface area contributed by atoms with Crippen molar-refractivity contribution in [1.29, 1.82) is 0 Å². The molecule has 0 saturated carbocycles. The van der Waals surface area contributed by atoms with Crippen LogP contribution in [0.1, 0.15) is 43.6 Å². The second-order valence-electron chi connectivity index (χ2n) is 8.29. The van der Waals surface area contributed by atoms with Crippen molar-refractivity contribution < 1.29 is 9.13 Å². The largest absolute Gasteiger partial charge is 0.480 e. The minimum Gasteiger partial charge on any atom is -0.480 e. The van der Waals surface area contributed by atoms with Gasteiger partial charge in [0.05, 0.1) is 10.6 Å². The normalized spacial score (nSPS) is 18.5. The van der Waals surface area contributed by atoms with Crippen LogP contribution in [-0.4, -0.2) is 5.54 Å². The van der Waals surface area contributed by atoms with E-state index in [2.05, 4.69) is 50.4 Å². The SMILES string of the molecule is CC1=CC(C)(C)Nc2ccc3c(c21)[C@H](c1ccc(Cl)c(F)c1)Oc1ccccc1-3. The molecule has 4 heteroatoms. The number of fused-ring (bicyclic) bond motifs is 5. The third-order valence-electron chi connectivity index (χ3n) is 5.60. The van der Waals surface area contributed by atoms with Crippen LogP contribution in [0.3, 0.4) is 0 Å². The molecule has 2 heterocycles. The zero-order chi connectivity index (χ0) is 20.3. The minimum atomic E-state index is -0.440. The van der Waals surface area contributed by atoms with E-state index in [0.29, 0.717) is 0 Å². The molecule has 1 N–H and O–H groups in total. The lowest BCUT2D eigenvalue weighted by Gasteiger charge is -2.37. The molecule has 0 saturated heterocycles. The number of benzene rings is 3. The fourth-order valence-corrected chi connectivity index (χ4v) is 4.66. The maximum atomic E-state index is 14.3. The topological polar surface area (TPSA) is 21.3 Å². The van der Waals surface area contributed by atoms with Gasteiger partial charge in [0.1, 0.15) is 11.6 Å². The molecule has 5 rings (SSSR count). The van der Waals surface area contributed by atoms with Crippen LogP contribution in [0.5, 0.6) is 5.75 Å². The van der Waals surface area contributed by atoms with Gasteiger partial charge < -0.3 is 10.1 Å². The fourth-order valence-electron chi connectivity index (χ4n) is 4.54. The van der Waals surface area contributed by atoms with Crippen LogP contribution in [0.25, 0.3) is 16.7 Å². The number of ether oxygens (including phenoxy) is 1. The third kappa shape index (κ3) is 2.92. The standard InChI is InChI=1S/C25H21ClFNO/c1-14-13-25(2,3)28-20-11-9-17-16-6-4-5-7-21(16)29-24(23(17)22(14)20)15-8-10-18(26)19(27)12-15/h4-13,24,28H,1-3H3/t24-/m0/s1. The molecule has 2 aliphatic heterocycles. The van der Waals surface area contributed by atoms with E-state index in [0.717, 1.165) is 39.3 Å². The van der Waals surface area contributed by atoms with Crippen LogP contribution in [0, 0.1) is 5.82 Å². The number of nitrogens with one attached hydrogen (secondary N) is 1. The van der Waals surface area contributed by atoms with Gasteiger partial charge in [-0.2, -0.15) is 0 Å². The average Bonchev–Trinajstić information content (AvgIpc) is 2.68. The first kappa shape index (κ1) is 18.3. The van der Waals surface area contributed by atoms with E-state index in [1.165, 1.54) is 11.6 Å². The molecule has 0 spiro atoms. The summed E-state index contributed by atoms with van der Waals surface area (Å²) < 4.78 is 20.8. The summed E-state index contributed by atoms with van der Waals surface area (Å²) in [6.45, 7) is 6.43. The highest BCUT2D eigenvalue weighted by atomic mass is 35.5. The summed E-state index contributed by atoms with van der Waals surface area (Å²) in [5, 5.41) is 3.72. The summed E-state index contributed by atoms with van der Waals surface area (Å²) in [4.78, 5) is 0. The number of hydrogen-bond acceptors (Lipinski definition) is 2. The summed E-state index contributed by atoms with van der Waals surface area (Å²) in [5.41, 5.74) is 7.19. The Bertz CT molecular complexity index is 1180. The first-order chi connectivity index (χ1) is 13.8. The molecule has 0 amide bonds. The van der Waals surface area contributed by atoms with E-state index >= 15 is 0 Å². The number of allylic oxidation sites excluding steroid dienone is 1. The predicted octanol–water partition coefficient (Wildman–Crippen LogP) is 7.24. The minimum absolute atomic E-state index is 0.111. The number of halogens is 2. The molecule has 0 bridgehead atoms. The smallest absolute Gasteiger partial charge is 0.150 e. The molecule has 0 aliphatic carbocycles. The van der Waals surface area contributed by atoms with E-state index in [4.69, 9.17) is 16.3 Å². The molecule has 2 nitrogen and oxygen atoms in total. The Labute approximate surface area is 175 Å². The summed E-state index contributed by atoms with van der Waals surface area (Å²) >= 11 is 5.94. The number of hydrogen-bond donors (Lipinski definition) is 1. The van der Waals surface area contributed by atoms with Crippen molar-refractivity contribution in [3.05, 3.63) is 88.2 Å². The Morgan fingerprint density at radius 3 is 2.62 bits per heavy atom. The molecule has 0 unspecified atom stereocenters. The first-order valence-electron chi connectivity index (χ1n) is 9.70. The molecule has 0 fully saturated rings. The Morgan fingerprint density at radius 2 is 1.83 bits per heavy atom. The zero-order valence-corrected chi connectivity index (χ0v) is 17.3. The lowest BCUT2D eigenvalue weighted by molar-refractivity contribution is 0.243. The second-order valence-corrected chi connectivity index (χ2v) is 8.70. The Balaban J connectivity index is 1.80. The summed E-state index contributed by atoms with van der Waals surface area (Å²) in [6.07, 6.45) is 1.81. The van der Waals surface area contributed by atoms with Crippen LogP contribution >= 0.6 is 11.6 Å². The maximum absolute atomic E-state index is 14.3. The van der Waals surface area contributed by atoms with Crippen LogP contribution < -0.4 is 10.1 Å². The molecule has 2 aliphatic rings. The Morgan fingerprint density at radius 1 is 1.03 bits per heavy atom. The molecule has 29 heavy (non-hydrogen) atoms. The van der Waals surface area contributed by atoms with Crippen molar-refractivity contribution in [3.63, 3.8) is 0 Å². The van der Waals surface area contributed by atoms with E-state index in [1.54, 1.807) is 6.07 Å². The van der Waals surface area contributed by atoms with Gasteiger partial charge in [-0.05, 0) is 61.7 Å². The Hall–Kier alpha value is -2.78. The molecular formula is C25H21ClFNO. The second kappa shape index (κ2) is 6.36.